The molecular weight excluding hydrogens is 126 g/mol. The summed E-state index contributed by atoms with van der Waals surface area (Å²) in [5, 5.41) is 3.14. The van der Waals surface area contributed by atoms with E-state index in [1.807, 2.05) is 0 Å². The predicted molar refractivity (Wildman–Crippen MR) is 42.9 cm³/mol. The van der Waals surface area contributed by atoms with Crippen molar-refractivity contribution in [3.05, 3.63) is 0 Å². The monoisotopic (exact) mass is 141 g/mol. The molecule has 0 saturated carbocycles. The fraction of sp³-hybridized carbons (Fsp3) is 0.857. The Morgan fingerprint density at radius 2 is 2.40 bits per heavy atom. The van der Waals surface area contributed by atoms with Crippen LogP contribution in [0.25, 0.3) is 0 Å². The summed E-state index contributed by atoms with van der Waals surface area (Å²) < 4.78 is 0. The third-order valence-corrected chi connectivity index (χ3v) is 1.86. The van der Waals surface area contributed by atoms with E-state index in [0.29, 0.717) is 17.9 Å². The zero-order chi connectivity index (χ0) is 7.56. The van der Waals surface area contributed by atoms with Crippen LogP contribution in [0.3, 0.4) is 0 Å². The number of nitrogens with zero attached hydrogens (tertiary/aromatic N) is 1. The maximum atomic E-state index is 5.50. The maximum Gasteiger partial charge on any atom is 0.188 e. The van der Waals surface area contributed by atoms with Crippen molar-refractivity contribution in [2.45, 2.75) is 26.3 Å². The molecule has 1 rings (SSSR count). The highest BCUT2D eigenvalue weighted by molar-refractivity contribution is 5.78. The number of hydrogen-bond donors (Lipinski definition) is 2. The van der Waals surface area contributed by atoms with E-state index in [0.717, 1.165) is 13.0 Å². The molecule has 0 saturated heterocycles. The Bertz CT molecular complexity index is 140. The Labute approximate surface area is 61.7 Å². The van der Waals surface area contributed by atoms with Crippen LogP contribution in [0.4, 0.5) is 0 Å². The van der Waals surface area contributed by atoms with E-state index in [1.54, 1.807) is 0 Å². The number of nitrogens with one attached hydrogen (secondary N) is 1. The second-order valence-electron chi connectivity index (χ2n) is 3.05. The number of guanidine groups is 1. The van der Waals surface area contributed by atoms with Gasteiger partial charge < -0.3 is 11.1 Å². The molecule has 0 aromatic rings. The van der Waals surface area contributed by atoms with Gasteiger partial charge in [0.1, 0.15) is 0 Å². The second kappa shape index (κ2) is 2.90. The first-order valence-corrected chi connectivity index (χ1v) is 3.76. The van der Waals surface area contributed by atoms with Crippen molar-refractivity contribution >= 4 is 5.96 Å². The second-order valence-corrected chi connectivity index (χ2v) is 3.05. The molecular formula is C7H15N3. The molecule has 0 amide bonds. The molecule has 0 bridgehead atoms. The van der Waals surface area contributed by atoms with Crippen molar-refractivity contribution in [1.29, 1.82) is 0 Å². The van der Waals surface area contributed by atoms with E-state index >= 15 is 0 Å². The van der Waals surface area contributed by atoms with E-state index in [1.165, 1.54) is 0 Å². The molecule has 0 unspecified atom stereocenters. The Hall–Kier alpha value is -0.730. The lowest BCUT2D eigenvalue weighted by Crippen LogP contribution is -2.46. The molecule has 0 aromatic carbocycles. The molecule has 0 aromatic heterocycles. The maximum absolute atomic E-state index is 5.50. The highest BCUT2D eigenvalue weighted by Crippen LogP contribution is 2.08. The van der Waals surface area contributed by atoms with Gasteiger partial charge in [-0.15, -0.1) is 0 Å². The SMILES string of the molecule is CC(C)[C@H]1CCN=C(N)N1. The molecule has 0 radical (unpaired) electrons. The average Bonchev–Trinajstić information content (AvgIpc) is 1.88. The Morgan fingerprint density at radius 1 is 1.70 bits per heavy atom. The smallest absolute Gasteiger partial charge is 0.188 e. The number of hydrogen-bond acceptors (Lipinski definition) is 3. The minimum atomic E-state index is 0.525. The summed E-state index contributed by atoms with van der Waals surface area (Å²) in [7, 11) is 0. The van der Waals surface area contributed by atoms with Gasteiger partial charge in [0.25, 0.3) is 0 Å². The molecule has 3 nitrogen and oxygen atoms in total. The fourth-order valence-corrected chi connectivity index (χ4v) is 1.13. The van der Waals surface area contributed by atoms with E-state index in [2.05, 4.69) is 24.2 Å². The van der Waals surface area contributed by atoms with Gasteiger partial charge in [-0.3, -0.25) is 4.99 Å². The normalized spacial score (nSPS) is 25.9. The molecule has 0 fully saturated rings. The van der Waals surface area contributed by atoms with Crippen LogP contribution in [0.2, 0.25) is 0 Å². The molecule has 1 heterocycles. The van der Waals surface area contributed by atoms with Gasteiger partial charge in [0, 0.05) is 12.6 Å². The summed E-state index contributed by atoms with van der Waals surface area (Å²) in [6.07, 6.45) is 1.11. The van der Waals surface area contributed by atoms with Crippen LogP contribution in [-0.4, -0.2) is 18.5 Å². The van der Waals surface area contributed by atoms with Crippen LogP contribution in [0.1, 0.15) is 20.3 Å². The minimum Gasteiger partial charge on any atom is -0.370 e. The molecule has 0 spiro atoms. The summed E-state index contributed by atoms with van der Waals surface area (Å²) in [4.78, 5) is 4.05. The first kappa shape index (κ1) is 7.38. The molecule has 1 atom stereocenters. The Balaban J connectivity index is 2.45. The highest BCUT2D eigenvalue weighted by Gasteiger charge is 2.16. The molecule has 1 aliphatic heterocycles. The summed E-state index contributed by atoms with van der Waals surface area (Å²) in [5.74, 6) is 1.25. The number of nitrogens with two attached hydrogens (primary N) is 1. The van der Waals surface area contributed by atoms with E-state index in [4.69, 9.17) is 5.73 Å². The summed E-state index contributed by atoms with van der Waals surface area (Å²) >= 11 is 0. The zero-order valence-corrected chi connectivity index (χ0v) is 6.59. The first-order chi connectivity index (χ1) is 4.70. The van der Waals surface area contributed by atoms with Crippen molar-refractivity contribution in [2.75, 3.05) is 6.54 Å². The van der Waals surface area contributed by atoms with Gasteiger partial charge >= 0.3 is 0 Å². The van der Waals surface area contributed by atoms with Crippen LogP contribution in [0.5, 0.6) is 0 Å². The molecule has 0 aliphatic carbocycles. The van der Waals surface area contributed by atoms with Crippen molar-refractivity contribution in [1.82, 2.24) is 5.32 Å². The van der Waals surface area contributed by atoms with E-state index in [-0.39, 0.29) is 0 Å². The van der Waals surface area contributed by atoms with Gasteiger partial charge in [-0.05, 0) is 12.3 Å². The van der Waals surface area contributed by atoms with Gasteiger partial charge in [-0.25, -0.2) is 0 Å². The van der Waals surface area contributed by atoms with Gasteiger partial charge in [0.05, 0.1) is 0 Å². The number of rotatable bonds is 1. The van der Waals surface area contributed by atoms with Gasteiger partial charge in [-0.2, -0.15) is 0 Å². The first-order valence-electron chi connectivity index (χ1n) is 3.76. The van der Waals surface area contributed by atoms with Crippen molar-refractivity contribution in [3.8, 4) is 0 Å². The van der Waals surface area contributed by atoms with Gasteiger partial charge in [0.15, 0.2) is 5.96 Å². The van der Waals surface area contributed by atoms with Crippen molar-refractivity contribution < 1.29 is 0 Å². The van der Waals surface area contributed by atoms with Crippen molar-refractivity contribution in [2.24, 2.45) is 16.6 Å². The molecule has 10 heavy (non-hydrogen) atoms. The van der Waals surface area contributed by atoms with Crippen molar-refractivity contribution in [3.63, 3.8) is 0 Å². The lowest BCUT2D eigenvalue weighted by atomic mass is 10.0. The van der Waals surface area contributed by atoms with Crippen LogP contribution < -0.4 is 11.1 Å². The summed E-state index contributed by atoms with van der Waals surface area (Å²) in [6.45, 7) is 5.26. The van der Waals surface area contributed by atoms with Crippen LogP contribution in [0, 0.1) is 5.92 Å². The Morgan fingerprint density at radius 3 is 2.80 bits per heavy atom. The van der Waals surface area contributed by atoms with Crippen LogP contribution in [0.15, 0.2) is 4.99 Å². The quantitative estimate of drug-likeness (QED) is 0.552. The lowest BCUT2D eigenvalue weighted by molar-refractivity contribution is 0.417. The molecule has 3 N–H and O–H groups in total. The molecule has 3 heteroatoms. The highest BCUT2D eigenvalue weighted by atomic mass is 15.1. The Kier molecular flexibility index (Phi) is 2.14. The third kappa shape index (κ3) is 1.62. The van der Waals surface area contributed by atoms with E-state index in [9.17, 15) is 0 Å². The largest absolute Gasteiger partial charge is 0.370 e. The summed E-state index contributed by atoms with van der Waals surface area (Å²) in [5.41, 5.74) is 5.50. The van der Waals surface area contributed by atoms with Gasteiger partial charge in [-0.1, -0.05) is 13.8 Å². The van der Waals surface area contributed by atoms with E-state index < -0.39 is 0 Å². The predicted octanol–water partition coefficient (Wildman–Crippen LogP) is 0.319. The zero-order valence-electron chi connectivity index (χ0n) is 6.59. The lowest BCUT2D eigenvalue weighted by Gasteiger charge is -2.25. The molecule has 58 valence electrons. The van der Waals surface area contributed by atoms with Gasteiger partial charge in [0.2, 0.25) is 0 Å². The summed E-state index contributed by atoms with van der Waals surface area (Å²) in [6, 6.07) is 0.525. The fourth-order valence-electron chi connectivity index (χ4n) is 1.13. The van der Waals surface area contributed by atoms with Crippen LogP contribution in [-0.2, 0) is 0 Å². The minimum absolute atomic E-state index is 0.525. The number of aliphatic imine (C=N–C) groups is 1. The topological polar surface area (TPSA) is 50.4 Å². The third-order valence-electron chi connectivity index (χ3n) is 1.86. The van der Waals surface area contributed by atoms with Crippen LogP contribution >= 0.6 is 0 Å². The standard InChI is InChI=1S/C7H15N3/c1-5(2)6-3-4-9-7(8)10-6/h5-6H,3-4H2,1-2H3,(H3,8,9,10)/t6-/m1/s1. The molecule has 1 aliphatic rings. The average molecular weight is 141 g/mol.